The summed E-state index contributed by atoms with van der Waals surface area (Å²) in [5.74, 6) is 0. The van der Waals surface area contributed by atoms with Gasteiger partial charge in [-0.2, -0.15) is 0 Å². The molecule has 0 bridgehead atoms. The summed E-state index contributed by atoms with van der Waals surface area (Å²) in [7, 11) is 0. The third-order valence-electron chi connectivity index (χ3n) is 0.979. The number of rotatable bonds is 3. The van der Waals surface area contributed by atoms with Crippen LogP contribution in [-0.2, 0) is 0 Å². The van der Waals surface area contributed by atoms with E-state index in [1.165, 1.54) is 0 Å². The van der Waals surface area contributed by atoms with Crippen LogP contribution < -0.4 is 0 Å². The second kappa shape index (κ2) is 4.81. The molecule has 0 aliphatic rings. The van der Waals surface area contributed by atoms with Gasteiger partial charge in [0.1, 0.15) is 0 Å². The van der Waals surface area contributed by atoms with Crippen molar-refractivity contribution in [3.63, 3.8) is 0 Å². The minimum absolute atomic E-state index is 0.0217. The summed E-state index contributed by atoms with van der Waals surface area (Å²) in [5.41, 5.74) is 0. The van der Waals surface area contributed by atoms with Gasteiger partial charge in [-0.3, -0.25) is 0 Å². The maximum absolute atomic E-state index is 5.81. The molecule has 0 saturated heterocycles. The molecule has 0 nitrogen and oxygen atoms in total. The summed E-state index contributed by atoms with van der Waals surface area (Å²) in [6.07, 6.45) is 0.812. The van der Waals surface area contributed by atoms with Crippen LogP contribution >= 0.6 is 39.1 Å². The highest BCUT2D eigenvalue weighted by atomic mass is 79.9. The van der Waals surface area contributed by atoms with Gasteiger partial charge < -0.3 is 0 Å². The Morgan fingerprint density at radius 1 is 1.56 bits per heavy atom. The number of hydrogen-bond donors (Lipinski definition) is 0. The molecule has 0 aliphatic heterocycles. The zero-order chi connectivity index (χ0) is 7.44. The quantitative estimate of drug-likeness (QED) is 0.656. The van der Waals surface area contributed by atoms with Gasteiger partial charge in [0.15, 0.2) is 0 Å². The maximum Gasteiger partial charge on any atom is 0.0507 e. The molecular formula is C6H10BrCl2. The van der Waals surface area contributed by atoms with Gasteiger partial charge in [0.05, 0.1) is 5.38 Å². The summed E-state index contributed by atoms with van der Waals surface area (Å²) in [6, 6.07) is 0. The zero-order valence-electron chi connectivity index (χ0n) is 5.28. The monoisotopic (exact) mass is 231 g/mol. The highest BCUT2D eigenvalue weighted by Gasteiger charge is 2.13. The molecule has 3 unspecified atom stereocenters. The van der Waals surface area contributed by atoms with Gasteiger partial charge in [0, 0.05) is 10.2 Å². The van der Waals surface area contributed by atoms with Gasteiger partial charge in [-0.05, 0) is 20.3 Å². The molecule has 0 fully saturated rings. The number of hydrogen-bond acceptors (Lipinski definition) is 0. The maximum atomic E-state index is 5.81. The van der Waals surface area contributed by atoms with Crippen molar-refractivity contribution in [3.05, 3.63) is 6.92 Å². The molecule has 55 valence electrons. The van der Waals surface area contributed by atoms with Crippen LogP contribution in [0.1, 0.15) is 13.3 Å². The third kappa shape index (κ3) is 5.50. The second-order valence-corrected chi connectivity index (χ2v) is 4.57. The first-order valence-electron chi connectivity index (χ1n) is 2.79. The minimum atomic E-state index is 0.0217. The van der Waals surface area contributed by atoms with E-state index in [4.69, 9.17) is 23.2 Å². The van der Waals surface area contributed by atoms with Gasteiger partial charge in [-0.15, -0.1) is 23.2 Å². The summed E-state index contributed by atoms with van der Waals surface area (Å²) >= 11 is 14.8. The second-order valence-electron chi connectivity index (χ2n) is 2.03. The molecule has 0 amide bonds. The molecule has 3 atom stereocenters. The fourth-order valence-electron chi connectivity index (χ4n) is 0.432. The lowest BCUT2D eigenvalue weighted by atomic mass is 10.2. The smallest absolute Gasteiger partial charge is 0.0507 e. The largest absolute Gasteiger partial charge is 0.122 e. The van der Waals surface area contributed by atoms with Gasteiger partial charge in [-0.25, -0.2) is 0 Å². The van der Waals surface area contributed by atoms with Gasteiger partial charge in [0.2, 0.25) is 0 Å². The van der Waals surface area contributed by atoms with E-state index >= 15 is 0 Å². The Morgan fingerprint density at radius 2 is 2.00 bits per heavy atom. The van der Waals surface area contributed by atoms with E-state index in [1.807, 2.05) is 6.92 Å². The Balaban J connectivity index is 3.38. The SMILES string of the molecule is [CH2]C(Br)CC(Cl)C(C)Cl. The highest BCUT2D eigenvalue weighted by Crippen LogP contribution is 2.18. The van der Waals surface area contributed by atoms with E-state index in [2.05, 4.69) is 22.9 Å². The van der Waals surface area contributed by atoms with Crippen molar-refractivity contribution in [1.29, 1.82) is 0 Å². The average Bonchev–Trinajstić information content (AvgIpc) is 1.63. The standard InChI is InChI=1S/C6H10BrCl2/c1-4(7)3-6(9)5(2)8/h4-6H,1,3H2,2H3. The van der Waals surface area contributed by atoms with Crippen molar-refractivity contribution < 1.29 is 0 Å². The number of alkyl halides is 3. The van der Waals surface area contributed by atoms with Crippen molar-refractivity contribution >= 4 is 39.1 Å². The first-order valence-corrected chi connectivity index (χ1v) is 4.58. The molecule has 0 aromatic heterocycles. The summed E-state index contributed by atoms with van der Waals surface area (Å²) < 4.78 is 0. The molecule has 1 radical (unpaired) electrons. The number of halogens is 3. The summed E-state index contributed by atoms with van der Waals surface area (Å²) in [6.45, 7) is 5.62. The fraction of sp³-hybridized carbons (Fsp3) is 0.833. The highest BCUT2D eigenvalue weighted by molar-refractivity contribution is 9.09. The van der Waals surface area contributed by atoms with Crippen molar-refractivity contribution in [2.75, 3.05) is 0 Å². The Labute approximate surface area is 75.0 Å². The summed E-state index contributed by atoms with van der Waals surface area (Å²) in [5, 5.41) is 0.0435. The van der Waals surface area contributed by atoms with Crippen LogP contribution in [0.25, 0.3) is 0 Å². The van der Waals surface area contributed by atoms with Crippen molar-refractivity contribution in [2.45, 2.75) is 28.9 Å². The minimum Gasteiger partial charge on any atom is -0.122 e. The van der Waals surface area contributed by atoms with Crippen LogP contribution in [0, 0.1) is 6.92 Å². The van der Waals surface area contributed by atoms with Crippen LogP contribution in [0.15, 0.2) is 0 Å². The molecule has 9 heavy (non-hydrogen) atoms. The normalized spacial score (nSPS) is 21.0. The lowest BCUT2D eigenvalue weighted by molar-refractivity contribution is 0.758. The molecule has 0 saturated carbocycles. The van der Waals surface area contributed by atoms with Gasteiger partial charge in [-0.1, -0.05) is 15.9 Å². The molecule has 0 spiro atoms. The lowest BCUT2D eigenvalue weighted by Crippen LogP contribution is -2.14. The summed E-state index contributed by atoms with van der Waals surface area (Å²) in [4.78, 5) is 0.209. The van der Waals surface area contributed by atoms with Crippen LogP contribution in [0.2, 0.25) is 0 Å². The van der Waals surface area contributed by atoms with E-state index < -0.39 is 0 Å². The van der Waals surface area contributed by atoms with E-state index in [-0.39, 0.29) is 15.6 Å². The molecule has 0 N–H and O–H groups in total. The predicted molar refractivity (Wildman–Crippen MR) is 47.6 cm³/mol. The van der Waals surface area contributed by atoms with Crippen molar-refractivity contribution in [1.82, 2.24) is 0 Å². The van der Waals surface area contributed by atoms with E-state index in [1.54, 1.807) is 0 Å². The van der Waals surface area contributed by atoms with Crippen LogP contribution in [-0.4, -0.2) is 15.6 Å². The molecule has 0 rings (SSSR count). The lowest BCUT2D eigenvalue weighted by Gasteiger charge is -2.11. The van der Waals surface area contributed by atoms with Crippen LogP contribution in [0.3, 0.4) is 0 Å². The molecule has 3 heteroatoms. The Kier molecular flexibility index (Phi) is 5.38. The fourth-order valence-corrected chi connectivity index (χ4v) is 1.37. The van der Waals surface area contributed by atoms with Gasteiger partial charge >= 0.3 is 0 Å². The van der Waals surface area contributed by atoms with Crippen molar-refractivity contribution in [3.8, 4) is 0 Å². The Hall–Kier alpha value is 1.06. The topological polar surface area (TPSA) is 0 Å². The van der Waals surface area contributed by atoms with E-state index in [9.17, 15) is 0 Å². The molecule has 0 heterocycles. The van der Waals surface area contributed by atoms with Crippen LogP contribution in [0.5, 0.6) is 0 Å². The third-order valence-corrected chi connectivity index (χ3v) is 2.34. The Bertz CT molecular complexity index is 73.5. The average molecular weight is 233 g/mol. The molecular weight excluding hydrogens is 223 g/mol. The first kappa shape index (κ1) is 10.1. The van der Waals surface area contributed by atoms with Gasteiger partial charge in [0.25, 0.3) is 0 Å². The van der Waals surface area contributed by atoms with Crippen LogP contribution in [0.4, 0.5) is 0 Å². The zero-order valence-corrected chi connectivity index (χ0v) is 8.38. The molecule has 0 aliphatic carbocycles. The molecule has 0 aromatic rings. The van der Waals surface area contributed by atoms with E-state index in [0.29, 0.717) is 0 Å². The van der Waals surface area contributed by atoms with E-state index in [0.717, 1.165) is 6.42 Å². The Morgan fingerprint density at radius 3 is 2.11 bits per heavy atom. The molecule has 0 aromatic carbocycles. The first-order chi connectivity index (χ1) is 4.04. The van der Waals surface area contributed by atoms with Crippen molar-refractivity contribution in [2.24, 2.45) is 0 Å². The predicted octanol–water partition coefficient (Wildman–Crippen LogP) is 3.21.